The standard InChI is InChI=1S/C29H37BrN4O4/c30-19-9-11-21(12-10-19)31-26(35)23-22-13-14-29(38-22)24(23)28(37)34(18-17-33-15-5-2-6-16-33)25(29)27(36)32-20-7-3-1-4-8-20/h9-14,20,22-25H,1-8,15-18H2,(H,31,35)(H,32,36)/t22-,23?,24-,25?,29?/m0/s1. The van der Waals surface area contributed by atoms with E-state index in [0.29, 0.717) is 12.2 Å². The van der Waals surface area contributed by atoms with Crippen molar-refractivity contribution in [3.63, 3.8) is 0 Å². The summed E-state index contributed by atoms with van der Waals surface area (Å²) in [6.07, 6.45) is 12.2. The summed E-state index contributed by atoms with van der Waals surface area (Å²) in [5.74, 6) is -1.93. The van der Waals surface area contributed by atoms with Gasteiger partial charge >= 0.3 is 0 Å². The highest BCUT2D eigenvalue weighted by Crippen LogP contribution is 2.55. The van der Waals surface area contributed by atoms with Gasteiger partial charge in [0.15, 0.2) is 0 Å². The maximum Gasteiger partial charge on any atom is 0.246 e. The van der Waals surface area contributed by atoms with Crippen molar-refractivity contribution in [1.29, 1.82) is 0 Å². The number of halogens is 1. The fraction of sp³-hybridized carbons (Fsp3) is 0.621. The molecule has 38 heavy (non-hydrogen) atoms. The molecule has 0 aromatic heterocycles. The average molecular weight is 586 g/mol. The normalized spacial score (nSPS) is 33.0. The van der Waals surface area contributed by atoms with Crippen molar-refractivity contribution in [2.45, 2.75) is 75.2 Å². The Morgan fingerprint density at radius 3 is 2.42 bits per heavy atom. The van der Waals surface area contributed by atoms with Gasteiger partial charge in [-0.15, -0.1) is 0 Å². The van der Waals surface area contributed by atoms with Crippen molar-refractivity contribution in [1.82, 2.24) is 15.1 Å². The third kappa shape index (κ3) is 4.71. The minimum Gasteiger partial charge on any atom is -0.359 e. The van der Waals surface area contributed by atoms with Gasteiger partial charge in [0.1, 0.15) is 11.6 Å². The predicted octanol–water partition coefficient (Wildman–Crippen LogP) is 3.47. The molecule has 1 aromatic carbocycles. The molecule has 2 N–H and O–H groups in total. The molecule has 9 heteroatoms. The molecule has 1 saturated carbocycles. The van der Waals surface area contributed by atoms with E-state index in [9.17, 15) is 14.4 Å². The Balaban J connectivity index is 1.26. The summed E-state index contributed by atoms with van der Waals surface area (Å²) < 4.78 is 7.39. The SMILES string of the molecule is O=C(Nc1ccc(Br)cc1)C1[C@@H]2C=CC3(O2)C(C(=O)NC2CCCCC2)N(CCN2CCCCC2)C(=O)[C@H]13. The van der Waals surface area contributed by atoms with Crippen LogP contribution in [-0.4, -0.2) is 77.5 Å². The number of likely N-dealkylation sites (tertiary alicyclic amines) is 2. The number of hydrogen-bond acceptors (Lipinski definition) is 5. The minimum absolute atomic E-state index is 0.129. The number of carbonyl (C=O) groups excluding carboxylic acids is 3. The Morgan fingerprint density at radius 2 is 1.68 bits per heavy atom. The van der Waals surface area contributed by atoms with Crippen LogP contribution < -0.4 is 10.6 Å². The van der Waals surface area contributed by atoms with Gasteiger partial charge in [-0.25, -0.2) is 0 Å². The quantitative estimate of drug-likeness (QED) is 0.479. The summed E-state index contributed by atoms with van der Waals surface area (Å²) in [5.41, 5.74) is -0.442. The van der Waals surface area contributed by atoms with Crippen molar-refractivity contribution in [2.75, 3.05) is 31.5 Å². The zero-order chi connectivity index (χ0) is 26.3. The van der Waals surface area contributed by atoms with Crippen LogP contribution in [0.2, 0.25) is 0 Å². The number of piperidine rings is 1. The van der Waals surface area contributed by atoms with Crippen LogP contribution in [0.4, 0.5) is 5.69 Å². The first-order valence-electron chi connectivity index (χ1n) is 14.2. The Hall–Kier alpha value is -2.23. The van der Waals surface area contributed by atoms with E-state index in [1.807, 2.05) is 36.4 Å². The topological polar surface area (TPSA) is 91.0 Å². The summed E-state index contributed by atoms with van der Waals surface area (Å²) in [6.45, 7) is 3.23. The molecule has 3 amide bonds. The van der Waals surface area contributed by atoms with Gasteiger partial charge < -0.3 is 25.2 Å². The van der Waals surface area contributed by atoms with Crippen LogP contribution in [0.1, 0.15) is 51.4 Å². The van der Waals surface area contributed by atoms with E-state index in [-0.39, 0.29) is 23.8 Å². The van der Waals surface area contributed by atoms with Crippen molar-refractivity contribution in [3.8, 4) is 0 Å². The number of ether oxygens (including phenoxy) is 1. The summed E-state index contributed by atoms with van der Waals surface area (Å²) in [7, 11) is 0. The lowest BCUT2D eigenvalue weighted by Gasteiger charge is -2.35. The minimum atomic E-state index is -1.11. The number of hydrogen-bond donors (Lipinski definition) is 2. The number of anilines is 1. The van der Waals surface area contributed by atoms with E-state index in [4.69, 9.17) is 4.74 Å². The van der Waals surface area contributed by atoms with Crippen LogP contribution >= 0.6 is 15.9 Å². The number of benzene rings is 1. The molecule has 8 nitrogen and oxygen atoms in total. The number of nitrogens with zero attached hydrogens (tertiary/aromatic N) is 2. The number of fused-ring (bicyclic) bond motifs is 1. The molecule has 1 spiro atoms. The molecule has 204 valence electrons. The Labute approximate surface area is 232 Å². The van der Waals surface area contributed by atoms with E-state index < -0.39 is 29.6 Å². The molecular formula is C29H37BrN4O4. The van der Waals surface area contributed by atoms with Crippen molar-refractivity contribution >= 4 is 39.3 Å². The molecule has 6 rings (SSSR count). The van der Waals surface area contributed by atoms with Gasteiger partial charge in [0.05, 0.1) is 17.9 Å². The molecule has 4 fully saturated rings. The molecule has 5 atom stereocenters. The lowest BCUT2D eigenvalue weighted by Crippen LogP contribution is -2.57. The lowest BCUT2D eigenvalue weighted by atomic mass is 9.74. The third-order valence-electron chi connectivity index (χ3n) is 9.09. The van der Waals surface area contributed by atoms with Gasteiger partial charge in [-0.1, -0.05) is 53.8 Å². The van der Waals surface area contributed by atoms with Gasteiger partial charge in [0, 0.05) is 29.3 Å². The van der Waals surface area contributed by atoms with Crippen LogP contribution in [0.5, 0.6) is 0 Å². The predicted molar refractivity (Wildman–Crippen MR) is 147 cm³/mol. The zero-order valence-electron chi connectivity index (χ0n) is 21.7. The maximum atomic E-state index is 14.1. The van der Waals surface area contributed by atoms with Gasteiger partial charge in [0.25, 0.3) is 0 Å². The molecule has 5 aliphatic rings. The molecule has 0 radical (unpaired) electrons. The summed E-state index contributed by atoms with van der Waals surface area (Å²) in [4.78, 5) is 45.7. The highest BCUT2D eigenvalue weighted by atomic mass is 79.9. The van der Waals surface area contributed by atoms with Crippen LogP contribution in [-0.2, 0) is 19.1 Å². The molecule has 4 aliphatic heterocycles. The number of rotatable bonds is 7. The first-order valence-corrected chi connectivity index (χ1v) is 15.0. The summed E-state index contributed by atoms with van der Waals surface area (Å²) >= 11 is 3.42. The van der Waals surface area contributed by atoms with Gasteiger partial charge in [-0.3, -0.25) is 14.4 Å². The van der Waals surface area contributed by atoms with E-state index in [1.165, 1.54) is 12.8 Å². The van der Waals surface area contributed by atoms with E-state index in [1.54, 1.807) is 4.90 Å². The number of amides is 3. The highest BCUT2D eigenvalue weighted by Gasteiger charge is 2.72. The van der Waals surface area contributed by atoms with Crippen LogP contribution in [0.25, 0.3) is 0 Å². The van der Waals surface area contributed by atoms with E-state index in [2.05, 4.69) is 31.5 Å². The fourth-order valence-corrected chi connectivity index (χ4v) is 7.49. The average Bonchev–Trinajstić information content (AvgIpc) is 3.57. The summed E-state index contributed by atoms with van der Waals surface area (Å²) in [5, 5.41) is 6.24. The Morgan fingerprint density at radius 1 is 0.974 bits per heavy atom. The smallest absolute Gasteiger partial charge is 0.246 e. The number of nitrogens with one attached hydrogen (secondary N) is 2. The fourth-order valence-electron chi connectivity index (χ4n) is 7.23. The second-order valence-corrected chi connectivity index (χ2v) is 12.4. The first-order chi connectivity index (χ1) is 18.5. The molecule has 2 bridgehead atoms. The Bertz CT molecular complexity index is 1100. The molecule has 1 aliphatic carbocycles. The van der Waals surface area contributed by atoms with Crippen molar-refractivity contribution in [3.05, 3.63) is 40.9 Å². The molecule has 3 saturated heterocycles. The van der Waals surface area contributed by atoms with Gasteiger partial charge in [-0.2, -0.15) is 0 Å². The lowest BCUT2D eigenvalue weighted by molar-refractivity contribution is -0.141. The highest BCUT2D eigenvalue weighted by molar-refractivity contribution is 9.10. The Kier molecular flexibility index (Phi) is 7.35. The summed E-state index contributed by atoms with van der Waals surface area (Å²) in [6, 6.07) is 6.74. The molecular weight excluding hydrogens is 548 g/mol. The number of carbonyl (C=O) groups is 3. The third-order valence-corrected chi connectivity index (χ3v) is 9.62. The van der Waals surface area contributed by atoms with Crippen molar-refractivity contribution in [2.24, 2.45) is 11.8 Å². The van der Waals surface area contributed by atoms with Crippen LogP contribution in [0.15, 0.2) is 40.9 Å². The second kappa shape index (κ2) is 10.7. The molecule has 1 aromatic rings. The first kappa shape index (κ1) is 26.0. The van der Waals surface area contributed by atoms with E-state index >= 15 is 0 Å². The monoisotopic (exact) mass is 584 g/mol. The zero-order valence-corrected chi connectivity index (χ0v) is 23.3. The van der Waals surface area contributed by atoms with Crippen LogP contribution in [0.3, 0.4) is 0 Å². The van der Waals surface area contributed by atoms with Gasteiger partial charge in [-0.05, 0) is 63.0 Å². The van der Waals surface area contributed by atoms with Gasteiger partial charge in [0.2, 0.25) is 17.7 Å². The van der Waals surface area contributed by atoms with Crippen molar-refractivity contribution < 1.29 is 19.1 Å². The molecule has 3 unspecified atom stereocenters. The largest absolute Gasteiger partial charge is 0.359 e. The van der Waals surface area contributed by atoms with E-state index in [0.717, 1.165) is 62.6 Å². The second-order valence-electron chi connectivity index (χ2n) is 11.5. The van der Waals surface area contributed by atoms with Crippen LogP contribution in [0, 0.1) is 11.8 Å². The maximum absolute atomic E-state index is 14.1. The molecule has 4 heterocycles.